The van der Waals surface area contributed by atoms with Gasteiger partial charge in [0, 0.05) is 18.5 Å². The van der Waals surface area contributed by atoms with Crippen molar-refractivity contribution in [3.05, 3.63) is 113 Å². The molecular formula is C33H33N3O3S. The van der Waals surface area contributed by atoms with E-state index in [4.69, 9.17) is 9.40 Å². The number of hydrogen-bond acceptors (Lipinski definition) is 5. The van der Waals surface area contributed by atoms with Crippen molar-refractivity contribution in [1.82, 2.24) is 15.2 Å². The van der Waals surface area contributed by atoms with Crippen LogP contribution in [0, 0.1) is 12.8 Å². The smallest absolute Gasteiger partial charge is 0.274 e. The number of carbonyl (C=O) groups is 2. The maximum atomic E-state index is 14.4. The zero-order chi connectivity index (χ0) is 28.1. The van der Waals surface area contributed by atoms with E-state index in [0.29, 0.717) is 35.8 Å². The summed E-state index contributed by atoms with van der Waals surface area (Å²) in [7, 11) is 0. The minimum Gasteiger partial charge on any atom is -0.464 e. The van der Waals surface area contributed by atoms with E-state index in [0.717, 1.165) is 32.8 Å². The lowest BCUT2D eigenvalue weighted by atomic mass is 10.00. The largest absolute Gasteiger partial charge is 0.464 e. The van der Waals surface area contributed by atoms with Gasteiger partial charge in [0.15, 0.2) is 0 Å². The lowest BCUT2D eigenvalue weighted by molar-refractivity contribution is 0.0620. The average Bonchev–Trinajstić information content (AvgIpc) is 3.61. The van der Waals surface area contributed by atoms with Gasteiger partial charge in [-0.2, -0.15) is 0 Å². The Bertz CT molecular complexity index is 1590. The first kappa shape index (κ1) is 27.3. The van der Waals surface area contributed by atoms with Crippen LogP contribution >= 0.6 is 11.3 Å². The van der Waals surface area contributed by atoms with E-state index in [9.17, 15) is 9.59 Å². The van der Waals surface area contributed by atoms with Crippen molar-refractivity contribution in [2.75, 3.05) is 6.54 Å². The summed E-state index contributed by atoms with van der Waals surface area (Å²) >= 11 is 1.53. The minimum absolute atomic E-state index is 0.135. The molecule has 1 atom stereocenters. The summed E-state index contributed by atoms with van der Waals surface area (Å²) in [6.07, 6.45) is 2.31. The lowest BCUT2D eigenvalue weighted by Gasteiger charge is -2.33. The summed E-state index contributed by atoms with van der Waals surface area (Å²) in [5.41, 5.74) is 3.66. The Balaban J connectivity index is 1.48. The molecule has 204 valence electrons. The predicted molar refractivity (Wildman–Crippen MR) is 160 cm³/mol. The van der Waals surface area contributed by atoms with Gasteiger partial charge in [0.1, 0.15) is 11.3 Å². The van der Waals surface area contributed by atoms with Crippen LogP contribution in [0.5, 0.6) is 0 Å². The third-order valence-electron chi connectivity index (χ3n) is 6.85. The molecule has 0 fully saturated rings. The Hall–Kier alpha value is -4.23. The van der Waals surface area contributed by atoms with Crippen molar-refractivity contribution < 1.29 is 14.0 Å². The third kappa shape index (κ3) is 6.15. The average molecular weight is 552 g/mol. The Morgan fingerprint density at radius 3 is 2.40 bits per heavy atom. The van der Waals surface area contributed by atoms with E-state index >= 15 is 0 Å². The van der Waals surface area contributed by atoms with E-state index in [-0.39, 0.29) is 17.9 Å². The molecule has 3 aromatic carbocycles. The van der Waals surface area contributed by atoms with Gasteiger partial charge < -0.3 is 14.6 Å². The molecule has 0 radical (unpaired) electrons. The van der Waals surface area contributed by atoms with Gasteiger partial charge in [-0.15, -0.1) is 11.3 Å². The predicted octanol–water partition coefficient (Wildman–Crippen LogP) is 7.35. The molecule has 0 aliphatic rings. The van der Waals surface area contributed by atoms with Gasteiger partial charge in [-0.1, -0.05) is 80.6 Å². The zero-order valence-corrected chi connectivity index (χ0v) is 23.8. The Labute approximate surface area is 238 Å². The highest BCUT2D eigenvalue weighted by Crippen LogP contribution is 2.32. The minimum atomic E-state index is -0.245. The molecule has 0 bridgehead atoms. The second-order valence-corrected chi connectivity index (χ2v) is 11.5. The fraction of sp³-hybridized carbons (Fsp3) is 0.242. The number of thiazole rings is 1. The van der Waals surface area contributed by atoms with Crippen LogP contribution in [0.15, 0.2) is 95.6 Å². The zero-order valence-electron chi connectivity index (χ0n) is 23.0. The van der Waals surface area contributed by atoms with E-state index in [2.05, 4.69) is 19.2 Å². The molecule has 5 rings (SSSR count). The summed E-state index contributed by atoms with van der Waals surface area (Å²) < 4.78 is 5.48. The number of amides is 2. The first-order valence-corrected chi connectivity index (χ1v) is 14.3. The summed E-state index contributed by atoms with van der Waals surface area (Å²) in [4.78, 5) is 35.2. The van der Waals surface area contributed by atoms with Gasteiger partial charge >= 0.3 is 0 Å². The number of benzene rings is 3. The first-order chi connectivity index (χ1) is 19.4. The van der Waals surface area contributed by atoms with Gasteiger partial charge in [0.2, 0.25) is 0 Å². The van der Waals surface area contributed by atoms with Crippen LogP contribution in [0.3, 0.4) is 0 Å². The summed E-state index contributed by atoms with van der Waals surface area (Å²) in [5.74, 6) is -0.0257. The highest BCUT2D eigenvalue weighted by atomic mass is 32.1. The summed E-state index contributed by atoms with van der Waals surface area (Å²) in [6.45, 7) is 6.92. The van der Waals surface area contributed by atoms with E-state index in [1.165, 1.54) is 11.3 Å². The van der Waals surface area contributed by atoms with Crippen molar-refractivity contribution in [3.8, 4) is 10.4 Å². The van der Waals surface area contributed by atoms with Gasteiger partial charge in [0.05, 0.1) is 27.8 Å². The molecule has 40 heavy (non-hydrogen) atoms. The maximum Gasteiger partial charge on any atom is 0.274 e. The maximum absolute atomic E-state index is 14.4. The number of carbonyl (C=O) groups excluding carboxylic acids is 2. The second kappa shape index (κ2) is 12.3. The molecule has 0 saturated carbocycles. The molecule has 2 amide bonds. The molecule has 1 unspecified atom stereocenters. The highest BCUT2D eigenvalue weighted by molar-refractivity contribution is 7.15. The Kier molecular flexibility index (Phi) is 8.41. The number of aromatic nitrogens is 1. The standard InChI is InChI=1S/C33H33N3O3S/c1-22(2)19-26(20-34-32(37)28-15-10-16-29-27(28)17-18-39-29)36(21-24-11-6-4-7-12-24)33(38)30-31(40-23(3)35-30)25-13-8-5-9-14-25/h4-18,22,26H,19-21H2,1-3H3,(H,34,37). The molecule has 2 aromatic heterocycles. The molecule has 0 spiro atoms. The fourth-order valence-corrected chi connectivity index (χ4v) is 5.92. The number of nitrogens with zero attached hydrogens (tertiary/aromatic N) is 2. The van der Waals surface area contributed by atoms with Crippen LogP contribution in [0.2, 0.25) is 0 Å². The third-order valence-corrected chi connectivity index (χ3v) is 7.87. The molecule has 1 N–H and O–H groups in total. The molecule has 2 heterocycles. The second-order valence-electron chi connectivity index (χ2n) is 10.3. The SMILES string of the molecule is Cc1nc(C(=O)N(Cc2ccccc2)C(CNC(=O)c2cccc3occc23)CC(C)C)c(-c2ccccc2)s1. The molecule has 0 aliphatic carbocycles. The monoisotopic (exact) mass is 551 g/mol. The van der Waals surface area contributed by atoms with Crippen molar-refractivity contribution >= 4 is 34.1 Å². The Morgan fingerprint density at radius 2 is 1.68 bits per heavy atom. The fourth-order valence-electron chi connectivity index (χ4n) is 5.00. The van der Waals surface area contributed by atoms with Gasteiger partial charge in [0.25, 0.3) is 11.8 Å². The van der Waals surface area contributed by atoms with E-state index < -0.39 is 0 Å². The lowest BCUT2D eigenvalue weighted by Crippen LogP contribution is -2.47. The first-order valence-electron chi connectivity index (χ1n) is 13.5. The van der Waals surface area contributed by atoms with Crippen LogP contribution < -0.4 is 5.32 Å². The summed E-state index contributed by atoms with van der Waals surface area (Å²) in [5, 5.41) is 4.72. The quantitative estimate of drug-likeness (QED) is 0.197. The van der Waals surface area contributed by atoms with Crippen molar-refractivity contribution in [1.29, 1.82) is 0 Å². The van der Waals surface area contributed by atoms with Crippen molar-refractivity contribution in [2.45, 2.75) is 39.8 Å². The number of nitrogens with one attached hydrogen (secondary N) is 1. The molecule has 6 nitrogen and oxygen atoms in total. The van der Waals surface area contributed by atoms with E-state index in [1.807, 2.05) is 84.6 Å². The number of aryl methyl sites for hydroxylation is 1. The molecule has 0 aliphatic heterocycles. The van der Waals surface area contributed by atoms with Crippen LogP contribution in [0.25, 0.3) is 21.4 Å². The number of rotatable bonds is 10. The molecule has 0 saturated heterocycles. The molecule has 7 heteroatoms. The van der Waals surface area contributed by atoms with Gasteiger partial charge in [-0.25, -0.2) is 4.98 Å². The van der Waals surface area contributed by atoms with Crippen LogP contribution in [0.4, 0.5) is 0 Å². The van der Waals surface area contributed by atoms with Crippen molar-refractivity contribution in [2.24, 2.45) is 5.92 Å². The summed E-state index contributed by atoms with van der Waals surface area (Å²) in [6, 6.07) is 26.9. The normalized spacial score (nSPS) is 12.0. The van der Waals surface area contributed by atoms with Crippen LogP contribution in [-0.4, -0.2) is 34.3 Å². The molecule has 5 aromatic rings. The van der Waals surface area contributed by atoms with E-state index in [1.54, 1.807) is 18.4 Å². The van der Waals surface area contributed by atoms with Crippen molar-refractivity contribution in [3.63, 3.8) is 0 Å². The highest BCUT2D eigenvalue weighted by Gasteiger charge is 2.30. The Morgan fingerprint density at radius 1 is 0.950 bits per heavy atom. The number of hydrogen-bond donors (Lipinski definition) is 1. The van der Waals surface area contributed by atoms with Crippen LogP contribution in [-0.2, 0) is 6.54 Å². The molecular weight excluding hydrogens is 518 g/mol. The van der Waals surface area contributed by atoms with Crippen LogP contribution in [0.1, 0.15) is 51.7 Å². The topological polar surface area (TPSA) is 75.4 Å². The van der Waals surface area contributed by atoms with Gasteiger partial charge in [-0.3, -0.25) is 9.59 Å². The number of fused-ring (bicyclic) bond motifs is 1. The van der Waals surface area contributed by atoms with Gasteiger partial charge in [-0.05, 0) is 48.6 Å². The number of furan rings is 1.